The number of halogens is 4. The number of aromatic nitrogens is 1. The number of carbonyl (C=O) groups is 2. The number of phenolic OH excluding ortho intramolecular Hbond substituents is 1. The highest BCUT2D eigenvalue weighted by atomic mass is 35.5. The molecule has 0 amide bonds. The summed E-state index contributed by atoms with van der Waals surface area (Å²) in [6.45, 7) is -3.62. The van der Waals surface area contributed by atoms with E-state index in [2.05, 4.69) is 4.74 Å². The zero-order valence-corrected chi connectivity index (χ0v) is 28.3. The molecule has 1 heterocycles. The lowest BCUT2D eigenvalue weighted by atomic mass is 10.0. The maximum Gasteiger partial charge on any atom is 0.387 e. The normalized spacial score (nSPS) is 15.1. The number of esters is 2. The van der Waals surface area contributed by atoms with Gasteiger partial charge in [-0.25, -0.2) is 18.0 Å². The maximum atomic E-state index is 13.1. The van der Waals surface area contributed by atoms with Crippen molar-refractivity contribution in [2.45, 2.75) is 44.8 Å². The largest absolute Gasteiger partial charge is 0.619 e. The first-order chi connectivity index (χ1) is 23.2. The van der Waals surface area contributed by atoms with E-state index in [1.54, 1.807) is 0 Å². The molecule has 1 unspecified atom stereocenters. The molecule has 17 heteroatoms. The molecule has 2 saturated carbocycles. The molecule has 0 spiro atoms. The summed E-state index contributed by atoms with van der Waals surface area (Å²) < 4.78 is 73.8. The fourth-order valence-corrected chi connectivity index (χ4v) is 6.44. The van der Waals surface area contributed by atoms with Crippen LogP contribution in [0.2, 0.25) is 10.0 Å². The molecule has 12 nitrogen and oxygen atoms in total. The van der Waals surface area contributed by atoms with Gasteiger partial charge >= 0.3 is 18.6 Å². The summed E-state index contributed by atoms with van der Waals surface area (Å²) in [7, 11) is -3.71. The fourth-order valence-electron chi connectivity index (χ4n) is 4.87. The van der Waals surface area contributed by atoms with Crippen LogP contribution in [0.5, 0.6) is 17.2 Å². The van der Waals surface area contributed by atoms with E-state index in [0.29, 0.717) is 4.73 Å². The Morgan fingerprint density at radius 3 is 2.33 bits per heavy atom. The lowest BCUT2D eigenvalue weighted by Gasteiger charge is -2.23. The molecule has 3 aromatic rings. The molecule has 0 aliphatic heterocycles. The Kier molecular flexibility index (Phi) is 11.2. The van der Waals surface area contributed by atoms with Crippen LogP contribution in [0.3, 0.4) is 0 Å². The highest BCUT2D eigenvalue weighted by Crippen LogP contribution is 2.38. The van der Waals surface area contributed by atoms with Gasteiger partial charge in [0.1, 0.15) is 27.5 Å². The van der Waals surface area contributed by atoms with E-state index in [1.807, 2.05) is 0 Å². The van der Waals surface area contributed by atoms with Gasteiger partial charge in [0, 0.05) is 18.5 Å². The Morgan fingerprint density at radius 1 is 1.04 bits per heavy atom. The zero-order chi connectivity index (χ0) is 35.5. The molecule has 1 atom stereocenters. The Morgan fingerprint density at radius 2 is 1.71 bits per heavy atom. The van der Waals surface area contributed by atoms with E-state index in [4.69, 9.17) is 37.4 Å². The van der Waals surface area contributed by atoms with Gasteiger partial charge in [-0.15, -0.1) is 0 Å². The highest BCUT2D eigenvalue weighted by molar-refractivity contribution is 7.92. The third-order valence-corrected chi connectivity index (χ3v) is 9.59. The van der Waals surface area contributed by atoms with Crippen molar-refractivity contribution in [3.05, 3.63) is 80.7 Å². The number of benzene rings is 2. The van der Waals surface area contributed by atoms with Gasteiger partial charge in [0.05, 0.1) is 18.6 Å². The van der Waals surface area contributed by atoms with E-state index in [9.17, 15) is 37.1 Å². The number of rotatable bonds is 16. The van der Waals surface area contributed by atoms with E-state index >= 15 is 0 Å². The molecule has 5 rings (SSSR count). The molecular weight excluding hydrogens is 713 g/mol. The summed E-state index contributed by atoms with van der Waals surface area (Å²) in [4.78, 5) is 26.1. The van der Waals surface area contributed by atoms with Gasteiger partial charge in [0.2, 0.25) is 10.0 Å². The Hall–Kier alpha value is -4.08. The second-order valence-corrected chi connectivity index (χ2v) is 14.6. The molecule has 2 aliphatic carbocycles. The number of sulfonamides is 1. The second-order valence-electron chi connectivity index (χ2n) is 11.8. The van der Waals surface area contributed by atoms with E-state index in [1.165, 1.54) is 24.3 Å². The molecule has 2 aliphatic rings. The fraction of sp³-hybridized carbons (Fsp3) is 0.406. The van der Waals surface area contributed by atoms with Crippen molar-refractivity contribution in [2.24, 2.45) is 11.8 Å². The van der Waals surface area contributed by atoms with Gasteiger partial charge in [-0.3, -0.25) is 4.31 Å². The van der Waals surface area contributed by atoms with Crippen molar-refractivity contribution >= 4 is 50.9 Å². The van der Waals surface area contributed by atoms with Crippen LogP contribution in [0.4, 0.5) is 14.5 Å². The molecular formula is C32H32Cl2F2N2O10S. The van der Waals surface area contributed by atoms with Crippen LogP contribution in [0.1, 0.15) is 53.3 Å². The van der Waals surface area contributed by atoms with Crippen molar-refractivity contribution < 1.29 is 55.6 Å². The summed E-state index contributed by atoms with van der Waals surface area (Å²) in [6.07, 6.45) is 5.29. The molecule has 0 saturated heterocycles. The Bertz CT molecular complexity index is 1800. The number of ether oxygens (including phenoxy) is 4. The molecule has 2 aromatic carbocycles. The summed E-state index contributed by atoms with van der Waals surface area (Å²) in [5.41, 5.74) is 0.228. The first-order valence-electron chi connectivity index (χ1n) is 15.1. The van der Waals surface area contributed by atoms with Crippen LogP contribution in [-0.2, 0) is 30.7 Å². The average molecular weight is 746 g/mol. The van der Waals surface area contributed by atoms with Crippen molar-refractivity contribution in [1.82, 2.24) is 0 Å². The minimum Gasteiger partial charge on any atom is -0.619 e. The smallest absolute Gasteiger partial charge is 0.387 e. The Labute approximate surface area is 290 Å². The van der Waals surface area contributed by atoms with Crippen LogP contribution < -0.4 is 18.5 Å². The minimum absolute atomic E-state index is 0.0278. The predicted octanol–water partition coefficient (Wildman–Crippen LogP) is 5.58. The molecule has 1 aromatic heterocycles. The number of hydrogen-bond acceptors (Lipinski definition) is 10. The average Bonchev–Trinajstić information content (AvgIpc) is 3.95. The van der Waals surface area contributed by atoms with Crippen LogP contribution in [0.15, 0.2) is 48.8 Å². The summed E-state index contributed by atoms with van der Waals surface area (Å²) >= 11 is 12.6. The van der Waals surface area contributed by atoms with Gasteiger partial charge in [-0.05, 0) is 73.4 Å². The molecule has 0 bridgehead atoms. The van der Waals surface area contributed by atoms with Gasteiger partial charge in [-0.1, -0.05) is 29.3 Å². The van der Waals surface area contributed by atoms with E-state index in [-0.39, 0.29) is 75.3 Å². The van der Waals surface area contributed by atoms with Crippen LogP contribution in [0, 0.1) is 17.0 Å². The molecule has 49 heavy (non-hydrogen) atoms. The number of anilines is 1. The summed E-state index contributed by atoms with van der Waals surface area (Å²) in [6, 6.07) is 7.61. The second kappa shape index (κ2) is 15.2. The maximum absolute atomic E-state index is 13.1. The summed E-state index contributed by atoms with van der Waals surface area (Å²) in [5, 5.41) is 22.1. The Balaban J connectivity index is 1.36. The van der Waals surface area contributed by atoms with Crippen molar-refractivity contribution in [3.8, 4) is 17.2 Å². The predicted molar refractivity (Wildman–Crippen MR) is 173 cm³/mol. The quantitative estimate of drug-likeness (QED) is 0.112. The number of pyridine rings is 1. The lowest BCUT2D eigenvalue weighted by Crippen LogP contribution is -2.32. The number of carbonyl (C=O) groups excluding carboxylic acids is 2. The van der Waals surface area contributed by atoms with Gasteiger partial charge in [0.15, 0.2) is 30.5 Å². The lowest BCUT2D eigenvalue weighted by molar-refractivity contribution is -0.605. The minimum atomic E-state index is -3.71. The number of hydrogen-bond donors (Lipinski definition) is 1. The van der Waals surface area contributed by atoms with Crippen LogP contribution in [0.25, 0.3) is 0 Å². The number of alkyl halides is 2. The first kappa shape index (κ1) is 36.2. The number of nitrogens with zero attached hydrogens (tertiary/aromatic N) is 2. The standard InChI is InChI=1S/C32H32Cl2F2N2O10S/c1-49(43,44)38(13-18-2-3-18)21-7-8-26(39)23(11-21)31(41)46-17-30(40)47-28(12-22-24(33)14-37(42)15-25(22)34)20-6-9-27(48-32(35)36)29(10-20)45-16-19-4-5-19/h6-11,14-15,18-19,28,32,39H,2-5,12-13,16-17H2,1H3. The van der Waals surface area contributed by atoms with Gasteiger partial charge < -0.3 is 29.3 Å². The van der Waals surface area contributed by atoms with Crippen molar-refractivity contribution in [3.63, 3.8) is 0 Å². The van der Waals surface area contributed by atoms with E-state index < -0.39 is 47.0 Å². The van der Waals surface area contributed by atoms with E-state index in [0.717, 1.165) is 60.8 Å². The third kappa shape index (κ3) is 9.98. The van der Waals surface area contributed by atoms with Crippen LogP contribution in [-0.4, -0.2) is 58.1 Å². The molecule has 2 fully saturated rings. The topological polar surface area (TPSA) is 156 Å². The SMILES string of the molecule is CS(=O)(=O)N(CC1CC1)c1ccc(O)c(C(=O)OCC(=O)OC(Cc2c(Cl)c[n+]([O-])cc2Cl)c2ccc(OC(F)F)c(OCC3CC3)c2)c1. The molecule has 1 N–H and O–H groups in total. The molecule has 264 valence electrons. The zero-order valence-electron chi connectivity index (χ0n) is 26.0. The van der Waals surface area contributed by atoms with Gasteiger partial charge in [-0.2, -0.15) is 13.5 Å². The monoisotopic (exact) mass is 744 g/mol. The number of aromatic hydroxyl groups is 1. The summed E-state index contributed by atoms with van der Waals surface area (Å²) in [5.74, 6) is -2.52. The van der Waals surface area contributed by atoms with Crippen LogP contribution >= 0.6 is 23.2 Å². The van der Waals surface area contributed by atoms with Crippen molar-refractivity contribution in [2.75, 3.05) is 30.3 Å². The highest BCUT2D eigenvalue weighted by Gasteiger charge is 2.30. The van der Waals surface area contributed by atoms with Crippen molar-refractivity contribution in [1.29, 1.82) is 0 Å². The third-order valence-electron chi connectivity index (χ3n) is 7.78. The number of phenols is 1. The molecule has 0 radical (unpaired) electrons. The first-order valence-corrected chi connectivity index (χ1v) is 17.7. The van der Waals surface area contributed by atoms with Gasteiger partial charge in [0.25, 0.3) is 0 Å².